The van der Waals surface area contributed by atoms with Gasteiger partial charge in [-0.25, -0.2) is 9.89 Å². The summed E-state index contributed by atoms with van der Waals surface area (Å²) in [6.07, 6.45) is 2.67. The van der Waals surface area contributed by atoms with Gasteiger partial charge >= 0.3 is 6.09 Å². The Morgan fingerprint density at radius 2 is 1.61 bits per heavy atom. The first-order valence-corrected chi connectivity index (χ1v) is 19.7. The van der Waals surface area contributed by atoms with E-state index in [2.05, 4.69) is 46.8 Å². The first kappa shape index (κ1) is 41.0. The summed E-state index contributed by atoms with van der Waals surface area (Å²) in [5, 5.41) is 25.8. The molecule has 0 spiro atoms. The number of morpholine rings is 1. The third-order valence-corrected chi connectivity index (χ3v) is 10.2. The van der Waals surface area contributed by atoms with Crippen molar-refractivity contribution in [1.29, 1.82) is 0 Å². The molecular formula is C42H53N9O6. The lowest BCUT2D eigenvalue weighted by Gasteiger charge is -2.29. The first-order chi connectivity index (χ1) is 27.5. The van der Waals surface area contributed by atoms with E-state index in [4.69, 9.17) is 9.47 Å². The van der Waals surface area contributed by atoms with Crippen LogP contribution in [0, 0.1) is 11.8 Å². The summed E-state index contributed by atoms with van der Waals surface area (Å²) in [6, 6.07) is 21.6. The van der Waals surface area contributed by atoms with Gasteiger partial charge in [0.25, 0.3) is 5.91 Å². The standard InChI is InChI=1S/C42H53N9O6/c1-42(2,3)57-41(55)44-27-29-9-13-32(14-10-29)39(53)46-36(40(54)45-35-17-15-31(16-18-35)37-47-49-50-48-37)25-28-7-11-30(12-8-28)33-5-4-6-34(26-33)38(52)43-19-20-51-21-23-56-24-22-51/h4-8,11-12,15-18,26,29,32,36H,9-10,13-14,19-25,27H2,1-3H3,(H,43,52)(H,44,55)(H,45,54)(H,46,53)(H,47,48,49,50)/t29-,32-,36-/m0/s1. The molecule has 1 aliphatic heterocycles. The van der Waals surface area contributed by atoms with Gasteiger partial charge in [0.05, 0.1) is 13.2 Å². The summed E-state index contributed by atoms with van der Waals surface area (Å²) in [5.74, 6) is -0.139. The molecule has 1 saturated heterocycles. The molecule has 0 bridgehead atoms. The highest BCUT2D eigenvalue weighted by Crippen LogP contribution is 2.29. The molecule has 2 aliphatic rings. The summed E-state index contributed by atoms with van der Waals surface area (Å²) >= 11 is 0. The Bertz CT molecular complexity index is 1930. The second-order valence-corrected chi connectivity index (χ2v) is 15.7. The number of aromatic nitrogens is 4. The molecule has 6 rings (SSSR count). The molecule has 1 aliphatic carbocycles. The van der Waals surface area contributed by atoms with Gasteiger partial charge in [0.15, 0.2) is 5.82 Å². The number of nitrogens with zero attached hydrogens (tertiary/aromatic N) is 4. The van der Waals surface area contributed by atoms with Crippen LogP contribution in [0.4, 0.5) is 10.5 Å². The molecule has 1 atom stereocenters. The van der Waals surface area contributed by atoms with Gasteiger partial charge in [-0.1, -0.05) is 36.4 Å². The van der Waals surface area contributed by atoms with Crippen LogP contribution in [0.25, 0.3) is 22.5 Å². The van der Waals surface area contributed by atoms with E-state index >= 15 is 0 Å². The molecule has 2 fully saturated rings. The Hall–Kier alpha value is -5.67. The highest BCUT2D eigenvalue weighted by molar-refractivity contribution is 5.98. The average molecular weight is 780 g/mol. The van der Waals surface area contributed by atoms with Crippen LogP contribution in [0.2, 0.25) is 0 Å². The number of carbonyl (C=O) groups excluding carboxylic acids is 4. The Labute approximate surface area is 333 Å². The van der Waals surface area contributed by atoms with Crippen LogP contribution in [0.3, 0.4) is 0 Å². The minimum atomic E-state index is -0.849. The highest BCUT2D eigenvalue weighted by Gasteiger charge is 2.30. The van der Waals surface area contributed by atoms with E-state index in [0.717, 1.165) is 67.9 Å². The second-order valence-electron chi connectivity index (χ2n) is 15.7. The topological polar surface area (TPSA) is 193 Å². The molecule has 1 saturated carbocycles. The Balaban J connectivity index is 1.08. The zero-order valence-corrected chi connectivity index (χ0v) is 32.9. The molecule has 3 aromatic carbocycles. The lowest BCUT2D eigenvalue weighted by atomic mass is 9.81. The molecule has 5 N–H and O–H groups in total. The summed E-state index contributed by atoms with van der Waals surface area (Å²) in [5.41, 5.74) is 4.01. The van der Waals surface area contributed by atoms with Crippen LogP contribution >= 0.6 is 0 Å². The van der Waals surface area contributed by atoms with E-state index in [0.29, 0.717) is 43.0 Å². The largest absolute Gasteiger partial charge is 0.444 e. The maximum absolute atomic E-state index is 13.8. The van der Waals surface area contributed by atoms with Gasteiger partial charge in [0.2, 0.25) is 11.8 Å². The van der Waals surface area contributed by atoms with Crippen LogP contribution in [-0.2, 0) is 25.5 Å². The molecule has 302 valence electrons. The van der Waals surface area contributed by atoms with E-state index < -0.39 is 17.7 Å². The number of alkyl carbamates (subject to hydrolysis) is 1. The van der Waals surface area contributed by atoms with Crippen LogP contribution < -0.4 is 21.3 Å². The quantitative estimate of drug-likeness (QED) is 0.121. The van der Waals surface area contributed by atoms with E-state index in [1.54, 1.807) is 30.3 Å². The summed E-state index contributed by atoms with van der Waals surface area (Å²) in [6.45, 7) is 10.5. The Kier molecular flexibility index (Phi) is 14.0. The number of aromatic amines is 1. The van der Waals surface area contributed by atoms with Crippen molar-refractivity contribution in [3.63, 3.8) is 0 Å². The molecule has 2 heterocycles. The fourth-order valence-electron chi connectivity index (χ4n) is 7.06. The van der Waals surface area contributed by atoms with Crippen LogP contribution in [0.15, 0.2) is 72.8 Å². The average Bonchev–Trinajstić information content (AvgIpc) is 3.76. The molecule has 4 aromatic rings. The first-order valence-electron chi connectivity index (χ1n) is 19.7. The molecule has 1 aromatic heterocycles. The zero-order chi connectivity index (χ0) is 40.2. The third kappa shape index (κ3) is 12.4. The lowest BCUT2D eigenvalue weighted by molar-refractivity contribution is -0.130. The normalized spacial score (nSPS) is 17.9. The minimum Gasteiger partial charge on any atom is -0.444 e. The van der Waals surface area contributed by atoms with Crippen LogP contribution in [0.1, 0.15) is 62.4 Å². The number of tetrazole rings is 1. The van der Waals surface area contributed by atoms with E-state index in [1.165, 1.54) is 0 Å². The summed E-state index contributed by atoms with van der Waals surface area (Å²) in [7, 11) is 0. The smallest absolute Gasteiger partial charge is 0.407 e. The molecule has 15 nitrogen and oxygen atoms in total. The molecule has 4 amide bonds. The number of hydrogen-bond acceptors (Lipinski definition) is 10. The predicted molar refractivity (Wildman–Crippen MR) is 215 cm³/mol. The van der Waals surface area contributed by atoms with Gasteiger partial charge < -0.3 is 30.7 Å². The number of anilines is 1. The molecule has 0 radical (unpaired) electrons. The number of hydrogen-bond donors (Lipinski definition) is 5. The van der Waals surface area contributed by atoms with Crippen molar-refractivity contribution in [1.82, 2.24) is 41.5 Å². The number of amides is 4. The number of nitrogens with one attached hydrogen (secondary N) is 5. The van der Waals surface area contributed by atoms with Gasteiger partial charge in [-0.15, -0.1) is 5.10 Å². The van der Waals surface area contributed by atoms with Crippen LogP contribution in [0.5, 0.6) is 0 Å². The monoisotopic (exact) mass is 779 g/mol. The Morgan fingerprint density at radius 1 is 0.895 bits per heavy atom. The van der Waals surface area contributed by atoms with Crippen molar-refractivity contribution in [2.75, 3.05) is 51.3 Å². The number of ether oxygens (including phenoxy) is 2. The highest BCUT2D eigenvalue weighted by atomic mass is 16.6. The summed E-state index contributed by atoms with van der Waals surface area (Å²) < 4.78 is 10.8. The maximum Gasteiger partial charge on any atom is 0.407 e. The number of carbonyl (C=O) groups is 4. The molecule has 15 heteroatoms. The van der Waals surface area contributed by atoms with Crippen molar-refractivity contribution >= 4 is 29.5 Å². The van der Waals surface area contributed by atoms with Crippen molar-refractivity contribution in [2.24, 2.45) is 11.8 Å². The van der Waals surface area contributed by atoms with Crippen molar-refractivity contribution in [3.8, 4) is 22.5 Å². The zero-order valence-electron chi connectivity index (χ0n) is 32.9. The van der Waals surface area contributed by atoms with E-state index in [-0.39, 0.29) is 36.0 Å². The predicted octanol–water partition coefficient (Wildman–Crippen LogP) is 4.59. The Morgan fingerprint density at radius 3 is 2.30 bits per heavy atom. The van der Waals surface area contributed by atoms with Gasteiger partial charge in [-0.3, -0.25) is 19.3 Å². The SMILES string of the molecule is CC(C)(C)OC(=O)NC[C@H]1CC[C@H](C(=O)N[C@@H](Cc2ccc(-c3cccc(C(=O)NCCN4CCOCC4)c3)cc2)C(=O)Nc2ccc(-c3nnn[nH]3)cc2)CC1. The van der Waals surface area contributed by atoms with Crippen molar-refractivity contribution < 1.29 is 28.7 Å². The molecular weight excluding hydrogens is 727 g/mol. The van der Waals surface area contributed by atoms with Crippen LogP contribution in [-0.4, -0.2) is 107 Å². The van der Waals surface area contributed by atoms with E-state index in [1.807, 2.05) is 63.2 Å². The maximum atomic E-state index is 13.8. The van der Waals surface area contributed by atoms with E-state index in [9.17, 15) is 19.2 Å². The summed E-state index contributed by atoms with van der Waals surface area (Å²) in [4.78, 5) is 54.9. The van der Waals surface area contributed by atoms with Gasteiger partial charge in [0.1, 0.15) is 11.6 Å². The molecule has 0 unspecified atom stereocenters. The third-order valence-electron chi connectivity index (χ3n) is 10.2. The van der Waals surface area contributed by atoms with Gasteiger partial charge in [-0.2, -0.15) is 0 Å². The second kappa shape index (κ2) is 19.5. The lowest BCUT2D eigenvalue weighted by Crippen LogP contribution is -2.48. The number of rotatable bonds is 14. The van der Waals surface area contributed by atoms with Gasteiger partial charge in [-0.05, 0) is 116 Å². The fourth-order valence-corrected chi connectivity index (χ4v) is 7.06. The van der Waals surface area contributed by atoms with Crippen molar-refractivity contribution in [2.45, 2.75) is 64.5 Å². The number of benzene rings is 3. The minimum absolute atomic E-state index is 0.123. The number of H-pyrrole nitrogens is 1. The molecule has 57 heavy (non-hydrogen) atoms. The van der Waals surface area contributed by atoms with Crippen molar-refractivity contribution in [3.05, 3.63) is 83.9 Å². The van der Waals surface area contributed by atoms with Gasteiger partial charge in [0, 0.05) is 61.9 Å². The fraction of sp³-hybridized carbons (Fsp3) is 0.452.